The second-order valence-electron chi connectivity index (χ2n) is 6.40. The van der Waals surface area contributed by atoms with Gasteiger partial charge in [-0.3, -0.25) is 15.0 Å². The average Bonchev–Trinajstić information content (AvgIpc) is 2.71. The van der Waals surface area contributed by atoms with Crippen LogP contribution in [0.4, 0.5) is 10.5 Å². The molecule has 2 aromatic rings. The van der Waals surface area contributed by atoms with Crippen LogP contribution in [0.15, 0.2) is 42.0 Å². The smallest absolute Gasteiger partial charge is 0.329 e. The van der Waals surface area contributed by atoms with Gasteiger partial charge in [0.15, 0.2) is 11.5 Å². The van der Waals surface area contributed by atoms with E-state index in [0.717, 1.165) is 11.1 Å². The minimum Gasteiger partial charge on any atom is -0.493 e. The summed E-state index contributed by atoms with van der Waals surface area (Å²) in [5.74, 6) is 0.756. The number of aryl methyl sites for hydroxylation is 1. The van der Waals surface area contributed by atoms with E-state index in [1.807, 2.05) is 19.1 Å². The number of benzene rings is 2. The number of anilines is 1. The molecular weight excluding hydrogens is 460 g/mol. The van der Waals surface area contributed by atoms with E-state index in [2.05, 4.69) is 21.2 Å². The monoisotopic (exact) mass is 478 g/mol. The largest absolute Gasteiger partial charge is 0.493 e. The van der Waals surface area contributed by atoms with Crippen LogP contribution >= 0.6 is 27.5 Å². The normalized spacial score (nSPS) is 15.4. The van der Waals surface area contributed by atoms with Crippen molar-refractivity contribution in [3.8, 4) is 11.5 Å². The third kappa shape index (κ3) is 4.92. The van der Waals surface area contributed by atoms with Gasteiger partial charge in [0.25, 0.3) is 5.91 Å². The van der Waals surface area contributed by atoms with Crippen molar-refractivity contribution in [1.82, 2.24) is 5.32 Å². The van der Waals surface area contributed by atoms with Gasteiger partial charge in [0, 0.05) is 21.6 Å². The Morgan fingerprint density at radius 2 is 2.00 bits per heavy atom. The van der Waals surface area contributed by atoms with Gasteiger partial charge in [-0.05, 0) is 48.4 Å². The summed E-state index contributed by atoms with van der Waals surface area (Å²) in [4.78, 5) is 26.2. The fourth-order valence-electron chi connectivity index (χ4n) is 2.87. The SMILES string of the molecule is COc1cc(/C=C2\CN(c3ccc(C)c(Cl)c3)C(=O)NC2=O)ccc1OCCBr. The third-order valence-corrected chi connectivity index (χ3v) is 5.15. The second-order valence-corrected chi connectivity index (χ2v) is 7.60. The summed E-state index contributed by atoms with van der Waals surface area (Å²) in [6.45, 7) is 2.53. The van der Waals surface area contributed by atoms with Crippen LogP contribution in [0.2, 0.25) is 5.02 Å². The molecule has 3 rings (SSSR count). The quantitative estimate of drug-likeness (QED) is 0.487. The number of alkyl halides is 1. The molecule has 6 nitrogen and oxygen atoms in total. The van der Waals surface area contributed by atoms with Gasteiger partial charge in [-0.25, -0.2) is 4.79 Å². The van der Waals surface area contributed by atoms with E-state index in [0.29, 0.717) is 39.7 Å². The molecule has 29 heavy (non-hydrogen) atoms. The summed E-state index contributed by atoms with van der Waals surface area (Å²) in [5, 5.41) is 3.64. The van der Waals surface area contributed by atoms with E-state index in [1.165, 1.54) is 4.90 Å². The molecule has 0 spiro atoms. The predicted octanol–water partition coefficient (Wildman–Crippen LogP) is 4.57. The Balaban J connectivity index is 1.88. The van der Waals surface area contributed by atoms with E-state index in [1.54, 1.807) is 37.5 Å². The van der Waals surface area contributed by atoms with Crippen LogP contribution in [0.3, 0.4) is 0 Å². The van der Waals surface area contributed by atoms with Crippen molar-refractivity contribution >= 4 is 51.2 Å². The molecule has 3 amide bonds. The Hall–Kier alpha value is -2.51. The highest BCUT2D eigenvalue weighted by Crippen LogP contribution is 2.30. The van der Waals surface area contributed by atoms with Crippen LogP contribution in [-0.2, 0) is 4.79 Å². The molecule has 1 aliphatic heterocycles. The van der Waals surface area contributed by atoms with Gasteiger partial charge >= 0.3 is 6.03 Å². The van der Waals surface area contributed by atoms with Crippen molar-refractivity contribution in [3.63, 3.8) is 0 Å². The van der Waals surface area contributed by atoms with E-state index in [-0.39, 0.29) is 6.54 Å². The number of ether oxygens (including phenoxy) is 2. The van der Waals surface area contributed by atoms with Gasteiger partial charge in [0.1, 0.15) is 0 Å². The summed E-state index contributed by atoms with van der Waals surface area (Å²) in [7, 11) is 1.56. The lowest BCUT2D eigenvalue weighted by Gasteiger charge is -2.28. The first-order valence-electron chi connectivity index (χ1n) is 8.89. The topological polar surface area (TPSA) is 67.9 Å². The molecule has 0 atom stereocenters. The number of rotatable bonds is 6. The number of carbonyl (C=O) groups is 2. The highest BCUT2D eigenvalue weighted by Gasteiger charge is 2.28. The zero-order valence-corrected chi connectivity index (χ0v) is 18.3. The fraction of sp³-hybridized carbons (Fsp3) is 0.238. The van der Waals surface area contributed by atoms with Crippen LogP contribution < -0.4 is 19.7 Å². The Kier molecular flexibility index (Phi) is 6.82. The number of nitrogens with zero attached hydrogens (tertiary/aromatic N) is 1. The number of urea groups is 1. The molecule has 0 radical (unpaired) electrons. The fourth-order valence-corrected chi connectivity index (χ4v) is 3.21. The lowest BCUT2D eigenvalue weighted by atomic mass is 10.1. The first kappa shape index (κ1) is 21.2. The molecule has 0 saturated carbocycles. The number of methoxy groups -OCH3 is 1. The van der Waals surface area contributed by atoms with Crippen molar-refractivity contribution in [2.45, 2.75) is 6.92 Å². The zero-order chi connectivity index (χ0) is 21.0. The van der Waals surface area contributed by atoms with Crippen LogP contribution in [-0.4, -0.2) is 37.5 Å². The molecule has 1 heterocycles. The zero-order valence-electron chi connectivity index (χ0n) is 16.0. The molecule has 0 unspecified atom stereocenters. The number of hydrogen-bond donors (Lipinski definition) is 1. The van der Waals surface area contributed by atoms with E-state index in [4.69, 9.17) is 21.1 Å². The lowest BCUT2D eigenvalue weighted by Crippen LogP contribution is -2.51. The van der Waals surface area contributed by atoms with Crippen LogP contribution in [0.25, 0.3) is 6.08 Å². The maximum Gasteiger partial charge on any atom is 0.329 e. The van der Waals surface area contributed by atoms with Crippen LogP contribution in [0.1, 0.15) is 11.1 Å². The summed E-state index contributed by atoms with van der Waals surface area (Å²) in [6.07, 6.45) is 1.72. The molecule has 1 aliphatic rings. The first-order chi connectivity index (χ1) is 13.9. The number of imide groups is 1. The predicted molar refractivity (Wildman–Crippen MR) is 117 cm³/mol. The van der Waals surface area contributed by atoms with Gasteiger partial charge < -0.3 is 9.47 Å². The molecule has 0 aromatic heterocycles. The summed E-state index contributed by atoms with van der Waals surface area (Å²) < 4.78 is 11.0. The summed E-state index contributed by atoms with van der Waals surface area (Å²) in [6, 6.07) is 10.3. The number of carbonyl (C=O) groups excluding carboxylic acids is 2. The lowest BCUT2D eigenvalue weighted by molar-refractivity contribution is -0.116. The van der Waals surface area contributed by atoms with Gasteiger partial charge in [-0.2, -0.15) is 0 Å². The Morgan fingerprint density at radius 3 is 2.69 bits per heavy atom. The third-order valence-electron chi connectivity index (χ3n) is 4.42. The average molecular weight is 480 g/mol. The highest BCUT2D eigenvalue weighted by molar-refractivity contribution is 9.09. The summed E-state index contributed by atoms with van der Waals surface area (Å²) in [5.41, 5.74) is 2.73. The Bertz CT molecular complexity index is 977. The molecule has 152 valence electrons. The first-order valence-corrected chi connectivity index (χ1v) is 10.4. The molecule has 1 fully saturated rings. The Morgan fingerprint density at radius 1 is 1.21 bits per heavy atom. The van der Waals surface area contributed by atoms with Crippen molar-refractivity contribution in [2.24, 2.45) is 0 Å². The standard InChI is InChI=1S/C21H20BrClN2O4/c1-13-3-5-16(11-17(13)23)25-12-15(20(26)24-21(25)27)9-14-4-6-18(29-8-7-22)19(10-14)28-2/h3-6,9-11H,7-8,12H2,1-2H3,(H,24,26,27)/b15-9+. The van der Waals surface area contributed by atoms with Gasteiger partial charge in [-0.15, -0.1) is 0 Å². The summed E-state index contributed by atoms with van der Waals surface area (Å²) >= 11 is 9.51. The van der Waals surface area contributed by atoms with Crippen molar-refractivity contribution in [1.29, 1.82) is 0 Å². The van der Waals surface area contributed by atoms with Crippen LogP contribution in [0, 0.1) is 6.92 Å². The molecule has 1 saturated heterocycles. The van der Waals surface area contributed by atoms with Gasteiger partial charge in [-0.1, -0.05) is 39.7 Å². The second kappa shape index (κ2) is 9.33. The van der Waals surface area contributed by atoms with Crippen molar-refractivity contribution in [2.75, 3.05) is 30.5 Å². The van der Waals surface area contributed by atoms with Crippen molar-refractivity contribution in [3.05, 3.63) is 58.1 Å². The van der Waals surface area contributed by atoms with E-state index >= 15 is 0 Å². The maximum absolute atomic E-state index is 12.4. The van der Waals surface area contributed by atoms with Gasteiger partial charge in [0.05, 0.1) is 20.3 Å². The number of hydrogen-bond acceptors (Lipinski definition) is 4. The number of nitrogens with one attached hydrogen (secondary N) is 1. The molecule has 2 aromatic carbocycles. The number of amides is 3. The van der Waals surface area contributed by atoms with Gasteiger partial charge in [0.2, 0.25) is 0 Å². The van der Waals surface area contributed by atoms with Crippen LogP contribution in [0.5, 0.6) is 11.5 Å². The number of halogens is 2. The molecule has 8 heteroatoms. The molecular formula is C21H20BrClN2O4. The van der Waals surface area contributed by atoms with E-state index in [9.17, 15) is 9.59 Å². The maximum atomic E-state index is 12.4. The van der Waals surface area contributed by atoms with Crippen molar-refractivity contribution < 1.29 is 19.1 Å². The molecule has 0 bridgehead atoms. The minimum absolute atomic E-state index is 0.133. The Labute approximate surface area is 182 Å². The minimum atomic E-state index is -0.483. The molecule has 0 aliphatic carbocycles. The molecule has 1 N–H and O–H groups in total. The highest BCUT2D eigenvalue weighted by atomic mass is 79.9. The van der Waals surface area contributed by atoms with E-state index < -0.39 is 11.9 Å².